The van der Waals surface area contributed by atoms with Crippen molar-refractivity contribution in [2.45, 2.75) is 30.6 Å². The van der Waals surface area contributed by atoms with E-state index < -0.39 is 0 Å². The molecule has 2 amide bonds. The van der Waals surface area contributed by atoms with Crippen LogP contribution in [0.5, 0.6) is 5.75 Å². The minimum Gasteiger partial charge on any atom is -0.495 e. The molecule has 3 aromatic rings. The fraction of sp³-hybridized carbons (Fsp3) is 0.304. The van der Waals surface area contributed by atoms with Gasteiger partial charge in [-0.05, 0) is 49.2 Å². The molecule has 1 fully saturated rings. The molecule has 0 saturated carbocycles. The highest BCUT2D eigenvalue weighted by Gasteiger charge is 2.20. The van der Waals surface area contributed by atoms with Gasteiger partial charge in [0.1, 0.15) is 5.75 Å². The van der Waals surface area contributed by atoms with Crippen LogP contribution >= 0.6 is 11.8 Å². The molecule has 1 unspecified atom stereocenters. The van der Waals surface area contributed by atoms with Crippen molar-refractivity contribution < 1.29 is 19.1 Å². The van der Waals surface area contributed by atoms with Crippen LogP contribution in [0.25, 0.3) is 0 Å². The van der Waals surface area contributed by atoms with Crippen molar-refractivity contribution >= 4 is 35.0 Å². The lowest BCUT2D eigenvalue weighted by Gasteiger charge is -2.11. The summed E-state index contributed by atoms with van der Waals surface area (Å²) >= 11 is 1.17. The normalized spacial score (nSPS) is 15.1. The third kappa shape index (κ3) is 5.86. The average Bonchev–Trinajstić information content (AvgIpc) is 3.49. The van der Waals surface area contributed by atoms with E-state index in [1.807, 2.05) is 6.07 Å². The van der Waals surface area contributed by atoms with Crippen molar-refractivity contribution in [3.05, 3.63) is 64.6 Å². The van der Waals surface area contributed by atoms with Gasteiger partial charge < -0.3 is 20.1 Å². The number of carbonyl (C=O) groups excluding carboxylic acids is 2. The maximum atomic E-state index is 12.5. The van der Waals surface area contributed by atoms with E-state index in [0.29, 0.717) is 41.0 Å². The van der Waals surface area contributed by atoms with Crippen LogP contribution in [0.15, 0.2) is 58.5 Å². The molecule has 1 atom stereocenters. The molecule has 2 heterocycles. The smallest absolute Gasteiger partial charge is 0.344 e. The van der Waals surface area contributed by atoms with Gasteiger partial charge in [-0.15, -0.1) is 5.10 Å². The molecule has 0 bridgehead atoms. The van der Waals surface area contributed by atoms with Gasteiger partial charge in [0.25, 0.3) is 5.91 Å². The molecule has 1 aliphatic heterocycles. The molecular weight excluding hydrogens is 458 g/mol. The first kappa shape index (κ1) is 23.6. The number of carbonyl (C=O) groups is 2. The highest BCUT2D eigenvalue weighted by atomic mass is 32.2. The predicted molar refractivity (Wildman–Crippen MR) is 129 cm³/mol. The van der Waals surface area contributed by atoms with Gasteiger partial charge in [-0.1, -0.05) is 23.9 Å². The summed E-state index contributed by atoms with van der Waals surface area (Å²) in [5.41, 5.74) is 1.24. The lowest BCUT2D eigenvalue weighted by Crippen LogP contribution is -2.25. The van der Waals surface area contributed by atoms with Crippen molar-refractivity contribution in [2.75, 3.05) is 30.1 Å². The van der Waals surface area contributed by atoms with Gasteiger partial charge in [0.2, 0.25) is 5.91 Å². The number of ether oxygens (including phenoxy) is 2. The van der Waals surface area contributed by atoms with E-state index in [2.05, 4.69) is 20.8 Å². The van der Waals surface area contributed by atoms with Crippen LogP contribution in [0.3, 0.4) is 0 Å². The summed E-state index contributed by atoms with van der Waals surface area (Å²) < 4.78 is 12.3. The number of H-pyrrole nitrogens is 1. The summed E-state index contributed by atoms with van der Waals surface area (Å²) in [7, 11) is 1.54. The fourth-order valence-corrected chi connectivity index (χ4v) is 4.30. The Morgan fingerprint density at radius 1 is 1.21 bits per heavy atom. The van der Waals surface area contributed by atoms with Crippen LogP contribution in [-0.4, -0.2) is 52.2 Å². The zero-order valence-electron chi connectivity index (χ0n) is 18.6. The van der Waals surface area contributed by atoms with Crippen LogP contribution in [0.1, 0.15) is 23.2 Å². The Morgan fingerprint density at radius 3 is 2.74 bits per heavy atom. The largest absolute Gasteiger partial charge is 0.495 e. The summed E-state index contributed by atoms with van der Waals surface area (Å²) in [5.74, 6) is 0.0950. The minimum absolute atomic E-state index is 0.0119. The number of hydrogen-bond donors (Lipinski definition) is 3. The number of anilines is 2. The first-order valence-electron chi connectivity index (χ1n) is 10.8. The third-order valence-corrected chi connectivity index (χ3v) is 6.23. The van der Waals surface area contributed by atoms with Gasteiger partial charge in [0.15, 0.2) is 5.16 Å². The minimum atomic E-state index is -0.319. The lowest BCUT2D eigenvalue weighted by molar-refractivity contribution is -0.113. The number of aromatic nitrogens is 3. The Labute approximate surface area is 200 Å². The zero-order chi connectivity index (χ0) is 23.9. The Balaban J connectivity index is 1.30. The van der Waals surface area contributed by atoms with Crippen molar-refractivity contribution in [1.29, 1.82) is 0 Å². The van der Waals surface area contributed by atoms with E-state index in [1.54, 1.807) is 42.5 Å². The second-order valence-electron chi connectivity index (χ2n) is 7.63. The molecule has 1 aromatic heterocycles. The van der Waals surface area contributed by atoms with Gasteiger partial charge in [-0.25, -0.2) is 9.89 Å². The summed E-state index contributed by atoms with van der Waals surface area (Å²) in [5, 5.41) is 12.5. The molecule has 34 heavy (non-hydrogen) atoms. The molecule has 0 spiro atoms. The van der Waals surface area contributed by atoms with E-state index in [9.17, 15) is 14.4 Å². The van der Waals surface area contributed by atoms with E-state index in [4.69, 9.17) is 9.47 Å². The quantitative estimate of drug-likeness (QED) is 0.399. The van der Waals surface area contributed by atoms with Gasteiger partial charge in [0, 0.05) is 17.9 Å². The SMILES string of the molecule is COc1ccccc1NC(=O)c1ccc(NC(=O)CSc2n[nH]c(=O)n2CC2CCCO2)cc1. The summed E-state index contributed by atoms with van der Waals surface area (Å²) in [6, 6.07) is 13.7. The van der Waals surface area contributed by atoms with Crippen LogP contribution in [0.4, 0.5) is 11.4 Å². The molecule has 178 valence electrons. The van der Waals surface area contributed by atoms with Crippen LogP contribution in [0.2, 0.25) is 0 Å². The predicted octanol–water partition coefficient (Wildman–Crippen LogP) is 2.74. The second kappa shape index (κ2) is 11.0. The number of rotatable bonds is 9. The molecular formula is C23H25N5O5S. The van der Waals surface area contributed by atoms with E-state index >= 15 is 0 Å². The Morgan fingerprint density at radius 2 is 2.00 bits per heavy atom. The maximum absolute atomic E-state index is 12.5. The Bertz CT molecular complexity index is 1200. The molecule has 2 aromatic carbocycles. The maximum Gasteiger partial charge on any atom is 0.344 e. The number of amides is 2. The van der Waals surface area contributed by atoms with E-state index in [-0.39, 0.29) is 29.4 Å². The van der Waals surface area contributed by atoms with Crippen molar-refractivity contribution in [1.82, 2.24) is 14.8 Å². The number of methoxy groups -OCH3 is 1. The van der Waals surface area contributed by atoms with Crippen molar-refractivity contribution in [3.63, 3.8) is 0 Å². The van der Waals surface area contributed by atoms with E-state index in [1.165, 1.54) is 23.4 Å². The molecule has 4 rings (SSSR count). The van der Waals surface area contributed by atoms with Crippen molar-refractivity contribution in [3.8, 4) is 5.75 Å². The summed E-state index contributed by atoms with van der Waals surface area (Å²) in [4.78, 5) is 37.0. The zero-order valence-corrected chi connectivity index (χ0v) is 19.4. The second-order valence-corrected chi connectivity index (χ2v) is 8.57. The number of nitrogens with zero attached hydrogens (tertiary/aromatic N) is 2. The lowest BCUT2D eigenvalue weighted by atomic mass is 10.2. The molecule has 11 heteroatoms. The Hall–Kier alpha value is -3.57. The van der Waals surface area contributed by atoms with E-state index in [0.717, 1.165) is 12.8 Å². The molecule has 0 aliphatic carbocycles. The number of hydrogen-bond acceptors (Lipinski definition) is 7. The third-order valence-electron chi connectivity index (χ3n) is 5.25. The number of benzene rings is 2. The monoisotopic (exact) mass is 483 g/mol. The van der Waals surface area contributed by atoms with Gasteiger partial charge in [-0.2, -0.15) is 0 Å². The highest BCUT2D eigenvalue weighted by molar-refractivity contribution is 7.99. The molecule has 3 N–H and O–H groups in total. The van der Waals surface area contributed by atoms with Gasteiger partial charge in [-0.3, -0.25) is 14.2 Å². The topological polar surface area (TPSA) is 127 Å². The summed E-state index contributed by atoms with van der Waals surface area (Å²) in [6.07, 6.45) is 1.86. The molecule has 1 aliphatic rings. The van der Waals surface area contributed by atoms with Crippen LogP contribution in [0, 0.1) is 0 Å². The van der Waals surface area contributed by atoms with Crippen LogP contribution in [-0.2, 0) is 16.1 Å². The average molecular weight is 484 g/mol. The molecule has 0 radical (unpaired) electrons. The Kier molecular flexibility index (Phi) is 7.65. The highest BCUT2D eigenvalue weighted by Crippen LogP contribution is 2.24. The van der Waals surface area contributed by atoms with Gasteiger partial charge in [0.05, 0.1) is 31.2 Å². The molecule has 10 nitrogen and oxygen atoms in total. The fourth-order valence-electron chi connectivity index (χ4n) is 3.54. The van der Waals surface area contributed by atoms with Crippen LogP contribution < -0.4 is 21.1 Å². The first-order valence-corrected chi connectivity index (χ1v) is 11.8. The first-order chi connectivity index (χ1) is 16.5. The van der Waals surface area contributed by atoms with Gasteiger partial charge >= 0.3 is 5.69 Å². The number of aromatic amines is 1. The number of thioether (sulfide) groups is 1. The molecule has 1 saturated heterocycles. The van der Waals surface area contributed by atoms with Crippen molar-refractivity contribution in [2.24, 2.45) is 0 Å². The number of para-hydroxylation sites is 2. The standard InChI is InChI=1S/C23H25N5O5S/c1-32-19-7-3-2-6-18(19)25-21(30)15-8-10-16(11-9-15)24-20(29)14-34-23-27-26-22(31)28(23)13-17-5-4-12-33-17/h2-3,6-11,17H,4-5,12-14H2,1H3,(H,24,29)(H,25,30)(H,26,31). The summed E-state index contributed by atoms with van der Waals surface area (Å²) in [6.45, 7) is 1.11. The number of nitrogens with one attached hydrogen (secondary N) is 3.